The van der Waals surface area contributed by atoms with E-state index in [9.17, 15) is 13.2 Å². The molecule has 1 heterocycles. The lowest BCUT2D eigenvalue weighted by Crippen LogP contribution is -2.40. The molecule has 0 spiro atoms. The molecule has 2 rings (SSSR count). The van der Waals surface area contributed by atoms with Crippen LogP contribution in [-0.2, 0) is 19.6 Å². The maximum atomic E-state index is 13.0. The molecule has 0 saturated carbocycles. The van der Waals surface area contributed by atoms with E-state index in [1.165, 1.54) is 10.4 Å². The summed E-state index contributed by atoms with van der Waals surface area (Å²) in [7, 11) is -1.90. The molecular weight excluding hydrogens is 394 g/mol. The van der Waals surface area contributed by atoms with Gasteiger partial charge in [0.25, 0.3) is 0 Å². The van der Waals surface area contributed by atoms with Crippen LogP contribution in [0.3, 0.4) is 0 Å². The van der Waals surface area contributed by atoms with Crippen molar-refractivity contribution in [2.45, 2.75) is 24.7 Å². The normalized spacial score (nSPS) is 15.0. The first-order valence-electron chi connectivity index (χ1n) is 8.78. The van der Waals surface area contributed by atoms with E-state index in [1.807, 2.05) is 7.05 Å². The first-order chi connectivity index (χ1) is 12.5. The number of benzene rings is 1. The molecule has 10 heteroatoms. The number of hydrogen-bond donors (Lipinski definition) is 2. The minimum Gasteiger partial charge on any atom is -0.492 e. The van der Waals surface area contributed by atoms with E-state index in [1.54, 1.807) is 19.1 Å². The van der Waals surface area contributed by atoms with E-state index in [-0.39, 0.29) is 29.0 Å². The monoisotopic (exact) mass is 421 g/mol. The summed E-state index contributed by atoms with van der Waals surface area (Å²) in [6.07, 6.45) is 1.07. The summed E-state index contributed by atoms with van der Waals surface area (Å²) in [6, 6.07) is 4.70. The van der Waals surface area contributed by atoms with Crippen molar-refractivity contribution in [1.82, 2.24) is 9.62 Å². The van der Waals surface area contributed by atoms with Crippen molar-refractivity contribution in [2.75, 3.05) is 51.8 Å². The molecule has 1 aromatic rings. The van der Waals surface area contributed by atoms with Crippen molar-refractivity contribution in [2.24, 2.45) is 0 Å². The fourth-order valence-electron chi connectivity index (χ4n) is 2.64. The summed E-state index contributed by atoms with van der Waals surface area (Å²) in [6.45, 7) is 4.22. The van der Waals surface area contributed by atoms with Gasteiger partial charge >= 0.3 is 0 Å². The van der Waals surface area contributed by atoms with Gasteiger partial charge < -0.3 is 20.1 Å². The second kappa shape index (κ2) is 11.5. The summed E-state index contributed by atoms with van der Waals surface area (Å²) < 4.78 is 38.1. The zero-order valence-corrected chi connectivity index (χ0v) is 17.3. The smallest absolute Gasteiger partial charge is 0.246 e. The Morgan fingerprint density at radius 1 is 1.30 bits per heavy atom. The molecule has 1 fully saturated rings. The molecule has 1 aliphatic rings. The molecule has 0 unspecified atom stereocenters. The van der Waals surface area contributed by atoms with Gasteiger partial charge in [0.15, 0.2) is 0 Å². The number of nitrogens with zero attached hydrogens (tertiary/aromatic N) is 1. The Bertz CT molecular complexity index is 709. The summed E-state index contributed by atoms with van der Waals surface area (Å²) in [5.41, 5.74) is 0.440. The van der Waals surface area contributed by atoms with Crippen molar-refractivity contribution in [3.8, 4) is 5.75 Å². The number of amides is 1. The Hall–Kier alpha value is -1.39. The van der Waals surface area contributed by atoms with Crippen LogP contribution in [0.1, 0.15) is 19.8 Å². The van der Waals surface area contributed by atoms with Crippen LogP contribution in [0, 0.1) is 0 Å². The van der Waals surface area contributed by atoms with Crippen LogP contribution in [0.15, 0.2) is 23.1 Å². The zero-order chi connectivity index (χ0) is 19.0. The molecule has 0 bridgehead atoms. The third-order valence-corrected chi connectivity index (χ3v) is 5.87. The molecule has 0 atom stereocenters. The highest BCUT2D eigenvalue weighted by atomic mass is 35.5. The SMILES string of the molecule is CCOc1ccc(NC(=O)CCCNC)cc1S(=O)(=O)N1CCOCC1.Cl. The number of carbonyl (C=O) groups excluding carboxylic acids is 1. The van der Waals surface area contributed by atoms with Gasteiger partial charge in [-0.05, 0) is 45.1 Å². The Balaban J connectivity index is 0.00000364. The van der Waals surface area contributed by atoms with Crippen molar-refractivity contribution in [3.63, 3.8) is 0 Å². The largest absolute Gasteiger partial charge is 0.492 e. The van der Waals surface area contributed by atoms with Crippen molar-refractivity contribution in [3.05, 3.63) is 18.2 Å². The Morgan fingerprint density at radius 3 is 2.63 bits per heavy atom. The van der Waals surface area contributed by atoms with Gasteiger partial charge in [0.1, 0.15) is 10.6 Å². The average Bonchev–Trinajstić information content (AvgIpc) is 2.64. The quantitative estimate of drug-likeness (QED) is 0.586. The van der Waals surface area contributed by atoms with Crippen LogP contribution in [-0.4, -0.2) is 65.1 Å². The predicted molar refractivity (Wildman–Crippen MR) is 106 cm³/mol. The fourth-order valence-corrected chi connectivity index (χ4v) is 4.20. The first kappa shape index (κ1) is 23.6. The number of morpholine rings is 1. The predicted octanol–water partition coefficient (Wildman–Crippen LogP) is 1.47. The van der Waals surface area contributed by atoms with E-state index in [0.717, 1.165) is 6.54 Å². The second-order valence-electron chi connectivity index (χ2n) is 5.87. The molecule has 154 valence electrons. The molecule has 0 aromatic heterocycles. The van der Waals surface area contributed by atoms with Crippen molar-refractivity contribution >= 4 is 34.0 Å². The molecule has 8 nitrogen and oxygen atoms in total. The van der Waals surface area contributed by atoms with Gasteiger partial charge in [-0.3, -0.25) is 4.79 Å². The van der Waals surface area contributed by atoms with Crippen LogP contribution in [0.25, 0.3) is 0 Å². The van der Waals surface area contributed by atoms with Gasteiger partial charge in [-0.2, -0.15) is 4.31 Å². The maximum absolute atomic E-state index is 13.0. The standard InChI is InChI=1S/C17H27N3O5S.ClH/c1-3-25-15-7-6-14(19-17(21)5-4-8-18-2)13-16(15)26(22,23)20-9-11-24-12-10-20;/h6-7,13,18H,3-5,8-12H2,1-2H3,(H,19,21);1H. The molecule has 1 aliphatic heterocycles. The summed E-state index contributed by atoms with van der Waals surface area (Å²) in [5.74, 6) is 0.131. The maximum Gasteiger partial charge on any atom is 0.246 e. The third-order valence-electron chi connectivity index (χ3n) is 3.95. The van der Waals surface area contributed by atoms with Crippen molar-refractivity contribution in [1.29, 1.82) is 0 Å². The first-order valence-corrected chi connectivity index (χ1v) is 10.2. The Kier molecular flexibility index (Phi) is 10.0. The van der Waals surface area contributed by atoms with E-state index < -0.39 is 10.0 Å². The van der Waals surface area contributed by atoms with Crippen LogP contribution >= 0.6 is 12.4 Å². The molecule has 27 heavy (non-hydrogen) atoms. The lowest BCUT2D eigenvalue weighted by Gasteiger charge is -2.27. The van der Waals surface area contributed by atoms with Gasteiger partial charge in [-0.1, -0.05) is 0 Å². The number of sulfonamides is 1. The van der Waals surface area contributed by atoms with Gasteiger partial charge in [0, 0.05) is 25.2 Å². The lowest BCUT2D eigenvalue weighted by atomic mass is 10.2. The van der Waals surface area contributed by atoms with Gasteiger partial charge in [0.05, 0.1) is 19.8 Å². The molecule has 1 saturated heterocycles. The molecule has 2 N–H and O–H groups in total. The summed E-state index contributed by atoms with van der Waals surface area (Å²) >= 11 is 0. The number of ether oxygens (including phenoxy) is 2. The zero-order valence-electron chi connectivity index (χ0n) is 15.7. The van der Waals surface area contributed by atoms with E-state index >= 15 is 0 Å². The Morgan fingerprint density at radius 2 is 2.00 bits per heavy atom. The van der Waals surface area contributed by atoms with Crippen LogP contribution < -0.4 is 15.4 Å². The number of halogens is 1. The highest BCUT2D eigenvalue weighted by molar-refractivity contribution is 7.89. The summed E-state index contributed by atoms with van der Waals surface area (Å²) in [5, 5.41) is 5.74. The van der Waals surface area contributed by atoms with Gasteiger partial charge in [-0.15, -0.1) is 12.4 Å². The van der Waals surface area contributed by atoms with Gasteiger partial charge in [-0.25, -0.2) is 8.42 Å². The minimum atomic E-state index is -3.73. The molecule has 0 aliphatic carbocycles. The molecule has 1 amide bonds. The lowest BCUT2D eigenvalue weighted by molar-refractivity contribution is -0.116. The minimum absolute atomic E-state index is 0. The number of nitrogens with one attached hydrogen (secondary N) is 2. The third kappa shape index (κ3) is 6.62. The topological polar surface area (TPSA) is 97.0 Å². The van der Waals surface area contributed by atoms with Gasteiger partial charge in [0.2, 0.25) is 15.9 Å². The van der Waals surface area contributed by atoms with Crippen LogP contribution in [0.4, 0.5) is 5.69 Å². The van der Waals surface area contributed by atoms with Crippen LogP contribution in [0.5, 0.6) is 5.75 Å². The molecule has 1 aromatic carbocycles. The van der Waals surface area contributed by atoms with E-state index in [4.69, 9.17) is 9.47 Å². The molecular formula is C17H28ClN3O5S. The molecule has 0 radical (unpaired) electrons. The number of anilines is 1. The number of rotatable bonds is 9. The van der Waals surface area contributed by atoms with E-state index in [2.05, 4.69) is 10.6 Å². The average molecular weight is 422 g/mol. The number of carbonyl (C=O) groups is 1. The highest BCUT2D eigenvalue weighted by Crippen LogP contribution is 2.30. The Labute approximate surface area is 167 Å². The van der Waals surface area contributed by atoms with Crippen LogP contribution in [0.2, 0.25) is 0 Å². The van der Waals surface area contributed by atoms with E-state index in [0.29, 0.717) is 51.4 Å². The highest BCUT2D eigenvalue weighted by Gasteiger charge is 2.29. The van der Waals surface area contributed by atoms with Crippen molar-refractivity contribution < 1.29 is 22.7 Å². The second-order valence-corrected chi connectivity index (χ2v) is 7.77. The summed E-state index contributed by atoms with van der Waals surface area (Å²) in [4.78, 5) is 12.1. The fraction of sp³-hybridized carbons (Fsp3) is 0.588. The number of hydrogen-bond acceptors (Lipinski definition) is 6.